The fourth-order valence-corrected chi connectivity index (χ4v) is 3.75. The predicted octanol–water partition coefficient (Wildman–Crippen LogP) is 0.0928. The second-order valence-electron chi connectivity index (χ2n) is 6.41. The predicted molar refractivity (Wildman–Crippen MR) is 82.8 cm³/mol. The maximum atomic E-state index is 12.5. The van der Waals surface area contributed by atoms with Gasteiger partial charge in [-0.15, -0.1) is 0 Å². The van der Waals surface area contributed by atoms with E-state index in [1.807, 2.05) is 0 Å². The molecule has 0 saturated carbocycles. The lowest BCUT2D eigenvalue weighted by atomic mass is 9.76. The highest BCUT2D eigenvalue weighted by atomic mass is 16.5. The Kier molecular flexibility index (Phi) is 3.34. The summed E-state index contributed by atoms with van der Waals surface area (Å²) in [5.74, 6) is 0.453. The molecule has 3 aliphatic heterocycles. The summed E-state index contributed by atoms with van der Waals surface area (Å²) in [6, 6.07) is 4.72. The highest BCUT2D eigenvalue weighted by Crippen LogP contribution is 2.43. The van der Waals surface area contributed by atoms with Gasteiger partial charge in [0, 0.05) is 24.5 Å². The van der Waals surface area contributed by atoms with Gasteiger partial charge in [0.2, 0.25) is 0 Å². The van der Waals surface area contributed by atoms with Crippen molar-refractivity contribution in [2.45, 2.75) is 30.9 Å². The standard InChI is InChI=1S/C16H17BN2O4/c17-10-3-4-12-11(6-10)16(14(20)18-15(21)19-16)7-13(23-12)9-2-1-5-22-8-9/h3-4,6,9,13H,1-2,5,7-8H2,(H2,18,19,20,21). The van der Waals surface area contributed by atoms with Gasteiger partial charge in [0.25, 0.3) is 5.91 Å². The zero-order valence-electron chi connectivity index (χ0n) is 12.6. The number of carbonyl (C=O) groups excluding carboxylic acids is 2. The third-order valence-corrected chi connectivity index (χ3v) is 4.91. The minimum Gasteiger partial charge on any atom is -0.490 e. The fourth-order valence-electron chi connectivity index (χ4n) is 3.75. The molecule has 6 nitrogen and oxygen atoms in total. The molecule has 1 spiro atoms. The number of hydrogen-bond donors (Lipinski definition) is 2. The molecule has 2 fully saturated rings. The topological polar surface area (TPSA) is 76.7 Å². The summed E-state index contributed by atoms with van der Waals surface area (Å²) < 4.78 is 11.7. The van der Waals surface area contributed by atoms with Crippen LogP contribution in [0.1, 0.15) is 24.8 Å². The highest BCUT2D eigenvalue weighted by molar-refractivity contribution is 6.32. The Hall–Kier alpha value is -2.02. The van der Waals surface area contributed by atoms with Crippen LogP contribution in [-0.2, 0) is 15.1 Å². The molecule has 7 heteroatoms. The van der Waals surface area contributed by atoms with Crippen LogP contribution in [0.25, 0.3) is 0 Å². The van der Waals surface area contributed by atoms with Crippen molar-refractivity contribution in [3.05, 3.63) is 23.8 Å². The van der Waals surface area contributed by atoms with Gasteiger partial charge in [0.15, 0.2) is 5.54 Å². The smallest absolute Gasteiger partial charge is 0.322 e. The molecule has 0 aromatic heterocycles. The molecule has 3 atom stereocenters. The van der Waals surface area contributed by atoms with Crippen LogP contribution in [0.5, 0.6) is 5.75 Å². The van der Waals surface area contributed by atoms with E-state index in [2.05, 4.69) is 10.6 Å². The number of imide groups is 1. The van der Waals surface area contributed by atoms with Crippen LogP contribution in [0.3, 0.4) is 0 Å². The van der Waals surface area contributed by atoms with Crippen LogP contribution < -0.4 is 20.8 Å². The lowest BCUT2D eigenvalue weighted by molar-refractivity contribution is -0.127. The normalized spacial score (nSPS) is 32.9. The van der Waals surface area contributed by atoms with Crippen molar-refractivity contribution in [1.29, 1.82) is 0 Å². The maximum absolute atomic E-state index is 12.5. The average Bonchev–Trinajstić information content (AvgIpc) is 2.83. The summed E-state index contributed by atoms with van der Waals surface area (Å²) in [6.45, 7) is 1.37. The zero-order chi connectivity index (χ0) is 16.0. The van der Waals surface area contributed by atoms with Crippen molar-refractivity contribution in [1.82, 2.24) is 10.6 Å². The minimum absolute atomic E-state index is 0.185. The molecule has 1 aromatic carbocycles. The van der Waals surface area contributed by atoms with Crippen LogP contribution in [0.15, 0.2) is 18.2 Å². The first-order valence-corrected chi connectivity index (χ1v) is 7.86. The number of benzene rings is 1. The van der Waals surface area contributed by atoms with Crippen LogP contribution in [0.2, 0.25) is 0 Å². The average molecular weight is 312 g/mol. The van der Waals surface area contributed by atoms with E-state index in [0.717, 1.165) is 19.4 Å². The Bertz CT molecular complexity index is 674. The van der Waals surface area contributed by atoms with E-state index in [-0.39, 0.29) is 17.9 Å². The lowest BCUT2D eigenvalue weighted by Crippen LogP contribution is -2.53. The molecule has 2 saturated heterocycles. The summed E-state index contributed by atoms with van der Waals surface area (Å²) in [5, 5.41) is 5.14. The number of carbonyl (C=O) groups is 2. The molecule has 0 bridgehead atoms. The Morgan fingerprint density at radius 1 is 1.30 bits per heavy atom. The van der Waals surface area contributed by atoms with E-state index in [9.17, 15) is 9.59 Å². The van der Waals surface area contributed by atoms with Crippen molar-refractivity contribution >= 4 is 25.2 Å². The molecular formula is C16H17BN2O4. The van der Waals surface area contributed by atoms with E-state index >= 15 is 0 Å². The van der Waals surface area contributed by atoms with Crippen LogP contribution in [0.4, 0.5) is 4.79 Å². The van der Waals surface area contributed by atoms with Gasteiger partial charge in [-0.25, -0.2) is 4.79 Å². The number of urea groups is 1. The Morgan fingerprint density at radius 3 is 2.87 bits per heavy atom. The maximum Gasteiger partial charge on any atom is 0.322 e. The molecule has 2 radical (unpaired) electrons. The zero-order valence-corrected chi connectivity index (χ0v) is 12.6. The Labute approximate surface area is 135 Å². The summed E-state index contributed by atoms with van der Waals surface area (Å²) in [4.78, 5) is 24.3. The van der Waals surface area contributed by atoms with Gasteiger partial charge in [-0.2, -0.15) is 0 Å². The first kappa shape index (κ1) is 14.6. The van der Waals surface area contributed by atoms with Crippen LogP contribution in [0, 0.1) is 5.92 Å². The number of rotatable bonds is 1. The number of nitrogens with one attached hydrogen (secondary N) is 2. The second-order valence-corrected chi connectivity index (χ2v) is 6.41. The number of fused-ring (bicyclic) bond motifs is 2. The molecule has 2 N–H and O–H groups in total. The van der Waals surface area contributed by atoms with Gasteiger partial charge in [0.1, 0.15) is 19.7 Å². The summed E-state index contributed by atoms with van der Waals surface area (Å²) in [6.07, 6.45) is 2.16. The van der Waals surface area contributed by atoms with Crippen LogP contribution in [-0.4, -0.2) is 39.1 Å². The first-order valence-electron chi connectivity index (χ1n) is 7.86. The monoisotopic (exact) mass is 312 g/mol. The molecule has 118 valence electrons. The van der Waals surface area contributed by atoms with Crippen molar-refractivity contribution in [3.63, 3.8) is 0 Å². The summed E-state index contributed by atoms with van der Waals surface area (Å²) >= 11 is 0. The van der Waals surface area contributed by atoms with Crippen LogP contribution >= 0.6 is 0 Å². The van der Waals surface area contributed by atoms with E-state index in [4.69, 9.17) is 17.3 Å². The van der Waals surface area contributed by atoms with Crippen molar-refractivity contribution < 1.29 is 19.1 Å². The Morgan fingerprint density at radius 2 is 2.17 bits per heavy atom. The van der Waals surface area contributed by atoms with E-state index in [1.54, 1.807) is 18.2 Å². The third kappa shape index (κ3) is 2.30. The molecular weight excluding hydrogens is 295 g/mol. The molecule has 3 amide bonds. The van der Waals surface area contributed by atoms with E-state index in [1.165, 1.54) is 0 Å². The van der Waals surface area contributed by atoms with Gasteiger partial charge in [-0.3, -0.25) is 10.1 Å². The minimum atomic E-state index is -1.11. The molecule has 3 unspecified atom stereocenters. The van der Waals surface area contributed by atoms with Gasteiger partial charge >= 0.3 is 6.03 Å². The highest BCUT2D eigenvalue weighted by Gasteiger charge is 2.54. The SMILES string of the molecule is [B]c1ccc2c(c1)C1(CC(C3CCCOC3)O2)NC(=O)NC1=O. The van der Waals surface area contributed by atoms with Crippen molar-refractivity contribution in [3.8, 4) is 5.75 Å². The fraction of sp³-hybridized carbons (Fsp3) is 0.500. The lowest BCUT2D eigenvalue weighted by Gasteiger charge is -2.41. The van der Waals surface area contributed by atoms with E-state index < -0.39 is 11.6 Å². The quantitative estimate of drug-likeness (QED) is 0.569. The number of ether oxygens (including phenoxy) is 2. The van der Waals surface area contributed by atoms with Gasteiger partial charge in [-0.05, 0) is 18.9 Å². The second kappa shape index (κ2) is 5.27. The molecule has 3 aliphatic rings. The van der Waals surface area contributed by atoms with Gasteiger partial charge < -0.3 is 14.8 Å². The third-order valence-electron chi connectivity index (χ3n) is 4.91. The summed E-state index contributed by atoms with van der Waals surface area (Å²) in [7, 11) is 5.87. The molecule has 1 aromatic rings. The van der Waals surface area contributed by atoms with E-state index in [0.29, 0.717) is 29.8 Å². The molecule has 0 aliphatic carbocycles. The summed E-state index contributed by atoms with van der Waals surface area (Å²) in [5.41, 5.74) is 0.0382. The van der Waals surface area contributed by atoms with Crippen molar-refractivity contribution in [2.75, 3.05) is 13.2 Å². The molecule has 4 rings (SSSR count). The van der Waals surface area contributed by atoms with Gasteiger partial charge in [-0.1, -0.05) is 17.6 Å². The molecule has 3 heterocycles. The first-order chi connectivity index (χ1) is 11.1. The largest absolute Gasteiger partial charge is 0.490 e. The Balaban J connectivity index is 1.76. The molecule has 23 heavy (non-hydrogen) atoms. The number of amides is 3. The van der Waals surface area contributed by atoms with Crippen molar-refractivity contribution in [2.24, 2.45) is 5.92 Å². The number of hydrogen-bond acceptors (Lipinski definition) is 4. The van der Waals surface area contributed by atoms with Gasteiger partial charge in [0.05, 0.1) is 6.61 Å².